The van der Waals surface area contributed by atoms with Gasteiger partial charge in [-0.1, -0.05) is 37.6 Å². The number of rotatable bonds is 8. The average Bonchev–Trinajstić information content (AvgIpc) is 2.71. The number of amides is 3. The summed E-state index contributed by atoms with van der Waals surface area (Å²) in [6.07, 6.45) is 0. The molecule has 0 aliphatic carbocycles. The minimum atomic E-state index is -0.274. The molecule has 6 nitrogen and oxygen atoms in total. The van der Waals surface area contributed by atoms with E-state index in [0.717, 1.165) is 11.3 Å². The van der Waals surface area contributed by atoms with E-state index in [-0.39, 0.29) is 24.0 Å². The second-order valence-electron chi connectivity index (χ2n) is 8.89. The fourth-order valence-corrected chi connectivity index (χ4v) is 3.57. The third-order valence-electron chi connectivity index (χ3n) is 5.41. The minimum Gasteiger partial charge on any atom is -0.377 e. The molecule has 174 valence electrons. The predicted molar refractivity (Wildman–Crippen MR) is 134 cm³/mol. The Bertz CT molecular complexity index is 943. The lowest BCUT2D eigenvalue weighted by molar-refractivity contribution is 0.102. The van der Waals surface area contributed by atoms with Gasteiger partial charge in [-0.05, 0) is 62.6 Å². The second-order valence-corrected chi connectivity index (χ2v) is 9.30. The summed E-state index contributed by atoms with van der Waals surface area (Å²) >= 11 is 6.17. The predicted octanol–water partition coefficient (Wildman–Crippen LogP) is 5.62. The molecule has 1 atom stereocenters. The molecule has 0 fully saturated rings. The van der Waals surface area contributed by atoms with E-state index in [1.807, 2.05) is 55.9 Å². The molecular weight excluding hydrogens is 424 g/mol. The Balaban J connectivity index is 2.38. The third-order valence-corrected chi connectivity index (χ3v) is 5.74. The Morgan fingerprint density at radius 1 is 1.00 bits per heavy atom. The highest BCUT2D eigenvalue weighted by Gasteiger charge is 2.25. The van der Waals surface area contributed by atoms with Gasteiger partial charge < -0.3 is 20.4 Å². The quantitative estimate of drug-likeness (QED) is 0.539. The summed E-state index contributed by atoms with van der Waals surface area (Å²) < 4.78 is 0. The van der Waals surface area contributed by atoms with Crippen LogP contribution in [-0.4, -0.2) is 43.0 Å². The fraction of sp³-hybridized carbons (Fsp3) is 0.440. The van der Waals surface area contributed by atoms with Crippen LogP contribution in [0.5, 0.6) is 0 Å². The number of nitrogens with zero attached hydrogens (tertiary/aromatic N) is 2. The van der Waals surface area contributed by atoms with Gasteiger partial charge in [-0.2, -0.15) is 0 Å². The van der Waals surface area contributed by atoms with E-state index in [9.17, 15) is 9.59 Å². The summed E-state index contributed by atoms with van der Waals surface area (Å²) in [7, 11) is 3.93. The Labute approximate surface area is 196 Å². The van der Waals surface area contributed by atoms with Gasteiger partial charge in [-0.15, -0.1) is 0 Å². The van der Waals surface area contributed by atoms with E-state index in [1.54, 1.807) is 24.3 Å². The van der Waals surface area contributed by atoms with Gasteiger partial charge in [0.05, 0.1) is 10.6 Å². The van der Waals surface area contributed by atoms with Gasteiger partial charge in [0, 0.05) is 44.1 Å². The van der Waals surface area contributed by atoms with Crippen molar-refractivity contribution in [2.75, 3.05) is 24.3 Å². The highest BCUT2D eigenvalue weighted by Crippen LogP contribution is 2.27. The third kappa shape index (κ3) is 6.63. The molecule has 3 amide bonds. The zero-order valence-corrected chi connectivity index (χ0v) is 20.8. The van der Waals surface area contributed by atoms with Crippen LogP contribution in [0.2, 0.25) is 5.02 Å². The van der Waals surface area contributed by atoms with E-state index in [0.29, 0.717) is 28.7 Å². The molecule has 7 heteroatoms. The maximum Gasteiger partial charge on any atom is 0.318 e. The van der Waals surface area contributed by atoms with Crippen LogP contribution in [0.1, 0.15) is 50.5 Å². The molecule has 0 heterocycles. The maximum absolute atomic E-state index is 13.0. The molecule has 0 bridgehead atoms. The van der Waals surface area contributed by atoms with Crippen LogP contribution in [0.15, 0.2) is 42.5 Å². The molecule has 2 N–H and O–H groups in total. The minimum absolute atomic E-state index is 0.0325. The molecule has 32 heavy (non-hydrogen) atoms. The molecule has 0 aromatic heterocycles. The summed E-state index contributed by atoms with van der Waals surface area (Å²) in [4.78, 5) is 29.6. The van der Waals surface area contributed by atoms with Crippen molar-refractivity contribution < 1.29 is 9.59 Å². The van der Waals surface area contributed by atoms with Gasteiger partial charge in [0.25, 0.3) is 5.91 Å². The number of hydrogen-bond acceptors (Lipinski definition) is 3. The van der Waals surface area contributed by atoms with Crippen LogP contribution in [0.25, 0.3) is 0 Å². The Kier molecular flexibility index (Phi) is 8.96. The summed E-state index contributed by atoms with van der Waals surface area (Å²) in [6.45, 7) is 10.6. The van der Waals surface area contributed by atoms with Crippen molar-refractivity contribution in [2.45, 2.75) is 53.2 Å². The number of carbonyl (C=O) groups is 2. The van der Waals surface area contributed by atoms with Crippen molar-refractivity contribution in [2.24, 2.45) is 5.92 Å². The summed E-state index contributed by atoms with van der Waals surface area (Å²) in [6, 6.07) is 12.7. The molecule has 0 saturated carbocycles. The van der Waals surface area contributed by atoms with E-state index in [4.69, 9.17) is 11.6 Å². The van der Waals surface area contributed by atoms with E-state index >= 15 is 0 Å². The first-order valence-corrected chi connectivity index (χ1v) is 11.3. The number of carbonyl (C=O) groups excluding carboxylic acids is 2. The van der Waals surface area contributed by atoms with Gasteiger partial charge in [0.15, 0.2) is 0 Å². The summed E-state index contributed by atoms with van der Waals surface area (Å²) in [5.41, 5.74) is 2.99. The highest BCUT2D eigenvalue weighted by atomic mass is 35.5. The van der Waals surface area contributed by atoms with Crippen molar-refractivity contribution >= 4 is 34.9 Å². The van der Waals surface area contributed by atoms with Crippen LogP contribution in [0.3, 0.4) is 0 Å². The normalized spacial score (nSPS) is 11.9. The number of halogens is 1. The number of anilines is 2. The molecule has 0 aliphatic rings. The van der Waals surface area contributed by atoms with Gasteiger partial charge in [-0.25, -0.2) is 4.79 Å². The molecule has 2 rings (SSSR count). The summed E-state index contributed by atoms with van der Waals surface area (Å²) in [5.74, 6) is 0.0166. The first-order valence-electron chi connectivity index (χ1n) is 10.9. The zero-order valence-electron chi connectivity index (χ0n) is 20.1. The molecule has 0 radical (unpaired) electrons. The molecule has 2 aromatic rings. The van der Waals surface area contributed by atoms with Crippen molar-refractivity contribution in [3.63, 3.8) is 0 Å². The monoisotopic (exact) mass is 458 g/mol. The van der Waals surface area contributed by atoms with Gasteiger partial charge in [-0.3, -0.25) is 4.79 Å². The van der Waals surface area contributed by atoms with Crippen molar-refractivity contribution in [1.82, 2.24) is 10.2 Å². The fourth-order valence-electron chi connectivity index (χ4n) is 3.34. The van der Waals surface area contributed by atoms with Gasteiger partial charge >= 0.3 is 6.03 Å². The van der Waals surface area contributed by atoms with Crippen LogP contribution in [0.4, 0.5) is 16.2 Å². The van der Waals surface area contributed by atoms with Crippen LogP contribution in [-0.2, 0) is 6.54 Å². The maximum atomic E-state index is 13.0. The topological polar surface area (TPSA) is 64.7 Å². The Morgan fingerprint density at radius 3 is 2.22 bits per heavy atom. The number of nitrogens with one attached hydrogen (secondary N) is 2. The number of urea groups is 1. The van der Waals surface area contributed by atoms with Crippen molar-refractivity contribution in [3.05, 3.63) is 58.6 Å². The van der Waals surface area contributed by atoms with Gasteiger partial charge in [0.1, 0.15) is 0 Å². The lowest BCUT2D eigenvalue weighted by Crippen LogP contribution is -2.48. The Morgan fingerprint density at radius 2 is 1.66 bits per heavy atom. The second kappa shape index (κ2) is 11.2. The highest BCUT2D eigenvalue weighted by molar-refractivity contribution is 6.34. The first kappa shape index (κ1) is 25.5. The Hall–Kier alpha value is -2.73. The van der Waals surface area contributed by atoms with Gasteiger partial charge in [0.2, 0.25) is 0 Å². The molecule has 2 aromatic carbocycles. The van der Waals surface area contributed by atoms with Crippen molar-refractivity contribution in [3.8, 4) is 0 Å². The van der Waals surface area contributed by atoms with Crippen molar-refractivity contribution in [1.29, 1.82) is 0 Å². The van der Waals surface area contributed by atoms with Crippen LogP contribution < -0.4 is 15.5 Å². The van der Waals surface area contributed by atoms with E-state index in [1.165, 1.54) is 0 Å². The lowest BCUT2D eigenvalue weighted by atomic mass is 10.0. The largest absolute Gasteiger partial charge is 0.377 e. The summed E-state index contributed by atoms with van der Waals surface area (Å²) in [5, 5.41) is 6.34. The van der Waals surface area contributed by atoms with Crippen LogP contribution in [0, 0.1) is 5.92 Å². The molecule has 0 aliphatic heterocycles. The number of benzene rings is 2. The standard InChI is InChI=1S/C25H35ClN4O2/c1-16(2)18(5)30(25(32)27-17(3)4)15-19-14-20(12-13-23(19)29(6)7)28-24(31)21-10-8-9-11-22(21)26/h8-14,16-18H,15H2,1-7H3,(H,27,32)(H,28,31)/t18-/m0/s1. The lowest BCUT2D eigenvalue weighted by Gasteiger charge is -2.34. The smallest absolute Gasteiger partial charge is 0.318 e. The SMILES string of the molecule is CC(C)NC(=O)N(Cc1cc(NC(=O)c2ccccc2Cl)ccc1N(C)C)[C@@H](C)C(C)C. The van der Waals surface area contributed by atoms with Crippen LogP contribution >= 0.6 is 11.6 Å². The molecule has 0 spiro atoms. The van der Waals surface area contributed by atoms with E-state index in [2.05, 4.69) is 31.4 Å². The molecule has 0 saturated heterocycles. The van der Waals surface area contributed by atoms with E-state index < -0.39 is 0 Å². The molecule has 0 unspecified atom stereocenters. The first-order chi connectivity index (χ1) is 15.0. The average molecular weight is 459 g/mol. The zero-order chi connectivity index (χ0) is 24.0. The molecular formula is C25H35ClN4O2. The number of hydrogen-bond donors (Lipinski definition) is 2.